The fourth-order valence-corrected chi connectivity index (χ4v) is 1.92. The van der Waals surface area contributed by atoms with Crippen LogP contribution >= 0.6 is 0 Å². The minimum Gasteiger partial charge on any atom is -0.390 e. The molecule has 0 spiro atoms. The third-order valence-corrected chi connectivity index (χ3v) is 2.88. The second kappa shape index (κ2) is 7.24. The SMILES string of the molecule is CCOC(C(C)C)C(O)C(CC)CC. The van der Waals surface area contributed by atoms with Crippen molar-refractivity contribution in [1.82, 2.24) is 0 Å². The van der Waals surface area contributed by atoms with Crippen LogP contribution in [0.15, 0.2) is 0 Å². The first-order chi connectivity index (χ1) is 6.58. The monoisotopic (exact) mass is 202 g/mol. The zero-order valence-electron chi connectivity index (χ0n) is 10.3. The van der Waals surface area contributed by atoms with E-state index in [4.69, 9.17) is 4.74 Å². The minimum absolute atomic E-state index is 0.00935. The second-order valence-corrected chi connectivity index (χ2v) is 4.23. The van der Waals surface area contributed by atoms with Gasteiger partial charge in [-0.3, -0.25) is 0 Å². The molecule has 0 saturated heterocycles. The molecule has 0 aliphatic heterocycles. The van der Waals surface area contributed by atoms with Crippen LogP contribution in [0.1, 0.15) is 47.5 Å². The summed E-state index contributed by atoms with van der Waals surface area (Å²) in [5.41, 5.74) is 0. The highest BCUT2D eigenvalue weighted by atomic mass is 16.5. The maximum atomic E-state index is 10.1. The molecule has 0 aromatic rings. The van der Waals surface area contributed by atoms with E-state index in [2.05, 4.69) is 27.7 Å². The molecule has 0 aromatic heterocycles. The Bertz CT molecular complexity index is 130. The quantitative estimate of drug-likeness (QED) is 0.688. The average molecular weight is 202 g/mol. The van der Waals surface area contributed by atoms with E-state index in [1.807, 2.05) is 6.92 Å². The van der Waals surface area contributed by atoms with Gasteiger partial charge in [0.1, 0.15) is 0 Å². The van der Waals surface area contributed by atoms with Crippen molar-refractivity contribution in [3.8, 4) is 0 Å². The molecule has 0 aliphatic carbocycles. The molecule has 0 amide bonds. The molecule has 0 aliphatic rings. The van der Waals surface area contributed by atoms with E-state index in [1.54, 1.807) is 0 Å². The Morgan fingerprint density at radius 2 is 1.57 bits per heavy atom. The lowest BCUT2D eigenvalue weighted by Crippen LogP contribution is -2.38. The van der Waals surface area contributed by atoms with Crippen molar-refractivity contribution >= 4 is 0 Å². The summed E-state index contributed by atoms with van der Waals surface area (Å²) in [7, 11) is 0. The van der Waals surface area contributed by atoms with E-state index in [9.17, 15) is 5.11 Å². The number of aliphatic hydroxyl groups excluding tert-OH is 1. The number of aliphatic hydroxyl groups is 1. The van der Waals surface area contributed by atoms with Gasteiger partial charge in [-0.05, 0) is 18.8 Å². The minimum atomic E-state index is -0.315. The first-order valence-corrected chi connectivity index (χ1v) is 5.88. The summed E-state index contributed by atoms with van der Waals surface area (Å²) in [6.07, 6.45) is 1.72. The summed E-state index contributed by atoms with van der Waals surface area (Å²) in [5, 5.41) is 10.1. The average Bonchev–Trinajstić information content (AvgIpc) is 2.15. The largest absolute Gasteiger partial charge is 0.390 e. The lowest BCUT2D eigenvalue weighted by molar-refractivity contribution is -0.0811. The Hall–Kier alpha value is -0.0800. The predicted octanol–water partition coefficient (Wildman–Crippen LogP) is 2.84. The van der Waals surface area contributed by atoms with Crippen LogP contribution in [-0.2, 0) is 4.74 Å². The third kappa shape index (κ3) is 3.97. The maximum absolute atomic E-state index is 10.1. The van der Waals surface area contributed by atoms with Crippen LogP contribution in [0, 0.1) is 11.8 Å². The number of hydrogen-bond donors (Lipinski definition) is 1. The van der Waals surface area contributed by atoms with Gasteiger partial charge in [0.2, 0.25) is 0 Å². The van der Waals surface area contributed by atoms with Gasteiger partial charge in [0, 0.05) is 6.61 Å². The lowest BCUT2D eigenvalue weighted by atomic mass is 9.88. The Kier molecular flexibility index (Phi) is 7.20. The molecule has 0 radical (unpaired) electrons. The fourth-order valence-electron chi connectivity index (χ4n) is 1.92. The standard InChI is InChI=1S/C12H26O2/c1-6-10(7-2)11(13)12(9(4)5)14-8-3/h9-13H,6-8H2,1-5H3. The molecule has 0 aromatic carbocycles. The zero-order valence-corrected chi connectivity index (χ0v) is 10.3. The summed E-state index contributed by atoms with van der Waals surface area (Å²) < 4.78 is 5.60. The van der Waals surface area contributed by atoms with E-state index < -0.39 is 0 Å². The van der Waals surface area contributed by atoms with Gasteiger partial charge in [-0.1, -0.05) is 40.5 Å². The summed E-state index contributed by atoms with van der Waals surface area (Å²) in [5.74, 6) is 0.750. The van der Waals surface area contributed by atoms with Crippen molar-refractivity contribution < 1.29 is 9.84 Å². The summed E-state index contributed by atoms with van der Waals surface area (Å²) in [6.45, 7) is 11.1. The van der Waals surface area contributed by atoms with Crippen molar-refractivity contribution in [3.63, 3.8) is 0 Å². The van der Waals surface area contributed by atoms with Crippen LogP contribution in [0.2, 0.25) is 0 Å². The second-order valence-electron chi connectivity index (χ2n) is 4.23. The van der Waals surface area contributed by atoms with Crippen molar-refractivity contribution in [3.05, 3.63) is 0 Å². The Balaban J connectivity index is 4.32. The smallest absolute Gasteiger partial charge is 0.0859 e. The van der Waals surface area contributed by atoms with Gasteiger partial charge in [0.05, 0.1) is 12.2 Å². The van der Waals surface area contributed by atoms with Gasteiger partial charge in [-0.25, -0.2) is 0 Å². The molecule has 2 unspecified atom stereocenters. The highest BCUT2D eigenvalue weighted by Crippen LogP contribution is 2.22. The molecule has 1 N–H and O–H groups in total. The molecule has 14 heavy (non-hydrogen) atoms. The van der Waals surface area contributed by atoms with Crippen LogP contribution in [0.5, 0.6) is 0 Å². The van der Waals surface area contributed by atoms with Crippen molar-refractivity contribution in [2.45, 2.75) is 59.7 Å². The number of rotatable bonds is 7. The van der Waals surface area contributed by atoms with Crippen LogP contribution in [0.25, 0.3) is 0 Å². The van der Waals surface area contributed by atoms with Gasteiger partial charge in [-0.2, -0.15) is 0 Å². The summed E-state index contributed by atoms with van der Waals surface area (Å²) >= 11 is 0. The normalized spacial score (nSPS) is 16.3. The van der Waals surface area contributed by atoms with Crippen molar-refractivity contribution in [2.75, 3.05) is 6.61 Å². The summed E-state index contributed by atoms with van der Waals surface area (Å²) in [6, 6.07) is 0. The maximum Gasteiger partial charge on any atom is 0.0859 e. The van der Waals surface area contributed by atoms with Crippen LogP contribution in [0.3, 0.4) is 0 Å². The fraction of sp³-hybridized carbons (Fsp3) is 1.00. The molecule has 0 fully saturated rings. The highest BCUT2D eigenvalue weighted by Gasteiger charge is 2.28. The molecule has 0 bridgehead atoms. The highest BCUT2D eigenvalue weighted by molar-refractivity contribution is 4.78. The van der Waals surface area contributed by atoms with Crippen LogP contribution in [-0.4, -0.2) is 23.9 Å². The first-order valence-electron chi connectivity index (χ1n) is 5.88. The first kappa shape index (κ1) is 13.9. The molecule has 86 valence electrons. The molecular formula is C12H26O2. The van der Waals surface area contributed by atoms with Crippen molar-refractivity contribution in [2.24, 2.45) is 11.8 Å². The van der Waals surface area contributed by atoms with Gasteiger partial charge < -0.3 is 9.84 Å². The topological polar surface area (TPSA) is 29.5 Å². The molecule has 0 rings (SSSR count). The van der Waals surface area contributed by atoms with E-state index in [0.717, 1.165) is 12.8 Å². The zero-order chi connectivity index (χ0) is 11.1. The third-order valence-electron chi connectivity index (χ3n) is 2.88. The molecule has 2 nitrogen and oxygen atoms in total. The molecular weight excluding hydrogens is 176 g/mol. The van der Waals surface area contributed by atoms with Gasteiger partial charge in [-0.15, -0.1) is 0 Å². The number of ether oxygens (including phenoxy) is 1. The summed E-state index contributed by atoms with van der Waals surface area (Å²) in [4.78, 5) is 0. The Labute approximate surface area is 88.7 Å². The Morgan fingerprint density at radius 3 is 1.86 bits per heavy atom. The molecule has 0 saturated carbocycles. The van der Waals surface area contributed by atoms with Crippen LogP contribution in [0.4, 0.5) is 0 Å². The predicted molar refractivity (Wildman–Crippen MR) is 60.3 cm³/mol. The van der Waals surface area contributed by atoms with Gasteiger partial charge >= 0.3 is 0 Å². The van der Waals surface area contributed by atoms with Crippen molar-refractivity contribution in [1.29, 1.82) is 0 Å². The Morgan fingerprint density at radius 1 is 1.07 bits per heavy atom. The molecule has 0 heterocycles. The lowest BCUT2D eigenvalue weighted by Gasteiger charge is -2.31. The van der Waals surface area contributed by atoms with Gasteiger partial charge in [0.25, 0.3) is 0 Å². The molecule has 2 heteroatoms. The van der Waals surface area contributed by atoms with E-state index in [0.29, 0.717) is 18.4 Å². The molecule has 2 atom stereocenters. The van der Waals surface area contributed by atoms with E-state index >= 15 is 0 Å². The van der Waals surface area contributed by atoms with Gasteiger partial charge in [0.15, 0.2) is 0 Å². The van der Waals surface area contributed by atoms with Crippen LogP contribution < -0.4 is 0 Å². The van der Waals surface area contributed by atoms with E-state index in [1.165, 1.54) is 0 Å². The van der Waals surface area contributed by atoms with E-state index in [-0.39, 0.29) is 12.2 Å². The number of hydrogen-bond acceptors (Lipinski definition) is 2.